The van der Waals surface area contributed by atoms with Crippen molar-refractivity contribution >= 4 is 12.3 Å². The molecule has 0 radical (unpaired) electrons. The summed E-state index contributed by atoms with van der Waals surface area (Å²) < 4.78 is 5.55. The first kappa shape index (κ1) is 17.5. The Morgan fingerprint density at radius 1 is 1.43 bits per heavy atom. The van der Waals surface area contributed by atoms with Crippen molar-refractivity contribution in [2.75, 3.05) is 20.2 Å². The number of nitrogens with one attached hydrogen (secondary N) is 1. The molecule has 0 aromatic heterocycles. The Morgan fingerprint density at radius 3 is 2.83 bits per heavy atom. The average Bonchev–Trinajstić information content (AvgIpc) is 3.04. The fourth-order valence-corrected chi connectivity index (χ4v) is 3.28. The molecule has 1 N–H and O–H groups in total. The van der Waals surface area contributed by atoms with E-state index in [-0.39, 0.29) is 24.0 Å². The number of hydrogen-bond acceptors (Lipinski definition) is 3. The summed E-state index contributed by atoms with van der Waals surface area (Å²) in [7, 11) is 1.61. The lowest BCUT2D eigenvalue weighted by Gasteiger charge is -2.31. The number of likely N-dealkylation sites (tertiary alicyclic amines) is 1. The first-order valence-corrected chi connectivity index (χ1v) is 8.23. The minimum Gasteiger partial charge on any atom is -0.378 e. The molecule has 0 aliphatic carbocycles. The maximum absolute atomic E-state index is 12.4. The minimum absolute atomic E-state index is 0.00706. The highest BCUT2D eigenvalue weighted by Gasteiger charge is 2.36. The van der Waals surface area contributed by atoms with E-state index in [4.69, 9.17) is 4.74 Å². The summed E-state index contributed by atoms with van der Waals surface area (Å²) >= 11 is 0. The zero-order chi connectivity index (χ0) is 16.7. The molecule has 1 aromatic carbocycles. The van der Waals surface area contributed by atoms with E-state index in [1.807, 2.05) is 37.3 Å². The molecular weight excluding hydrogens is 292 g/mol. The van der Waals surface area contributed by atoms with Gasteiger partial charge in [0.2, 0.25) is 12.3 Å². The molecule has 0 saturated carbocycles. The molecule has 1 aromatic rings. The maximum atomic E-state index is 12.4. The van der Waals surface area contributed by atoms with Gasteiger partial charge in [0, 0.05) is 20.2 Å². The second-order valence-electron chi connectivity index (χ2n) is 6.07. The van der Waals surface area contributed by atoms with Crippen molar-refractivity contribution in [3.8, 4) is 0 Å². The van der Waals surface area contributed by atoms with Crippen LogP contribution in [0.1, 0.15) is 25.3 Å². The molecule has 5 heteroatoms. The van der Waals surface area contributed by atoms with E-state index in [0.717, 1.165) is 32.2 Å². The van der Waals surface area contributed by atoms with E-state index in [9.17, 15) is 9.59 Å². The van der Waals surface area contributed by atoms with Crippen LogP contribution >= 0.6 is 0 Å². The zero-order valence-electron chi connectivity index (χ0n) is 13.9. The molecule has 1 heterocycles. The third-order valence-corrected chi connectivity index (χ3v) is 4.59. The molecule has 126 valence electrons. The summed E-state index contributed by atoms with van der Waals surface area (Å²) in [6, 6.07) is 10.1. The lowest BCUT2D eigenvalue weighted by molar-refractivity contribution is -0.133. The van der Waals surface area contributed by atoms with Crippen LogP contribution in [-0.4, -0.2) is 49.6 Å². The Balaban J connectivity index is 1.85. The Labute approximate surface area is 138 Å². The van der Waals surface area contributed by atoms with Gasteiger partial charge in [-0.2, -0.15) is 0 Å². The minimum atomic E-state index is -0.290. The summed E-state index contributed by atoms with van der Waals surface area (Å²) in [5, 5.41) is 2.98. The molecule has 1 aliphatic heterocycles. The van der Waals surface area contributed by atoms with Gasteiger partial charge in [0.25, 0.3) is 0 Å². The number of methoxy groups -OCH3 is 1. The highest BCUT2D eigenvalue weighted by molar-refractivity contribution is 5.79. The Kier molecular flexibility index (Phi) is 6.59. The maximum Gasteiger partial charge on any atom is 0.225 e. The number of carbonyl (C=O) groups excluding carboxylic acids is 2. The fraction of sp³-hybridized carbons (Fsp3) is 0.556. The predicted octanol–water partition coefficient (Wildman–Crippen LogP) is 1.62. The van der Waals surface area contributed by atoms with Gasteiger partial charge < -0.3 is 15.0 Å². The summed E-state index contributed by atoms with van der Waals surface area (Å²) in [6.07, 6.45) is 3.26. The van der Waals surface area contributed by atoms with Crippen LogP contribution in [0.2, 0.25) is 0 Å². The number of hydrogen-bond donors (Lipinski definition) is 1. The quantitative estimate of drug-likeness (QED) is 0.741. The summed E-state index contributed by atoms with van der Waals surface area (Å²) in [6.45, 7) is 3.22. The van der Waals surface area contributed by atoms with E-state index in [1.54, 1.807) is 12.0 Å². The second kappa shape index (κ2) is 8.67. The van der Waals surface area contributed by atoms with Crippen molar-refractivity contribution in [3.05, 3.63) is 35.9 Å². The van der Waals surface area contributed by atoms with E-state index in [0.29, 0.717) is 6.54 Å². The van der Waals surface area contributed by atoms with E-state index in [2.05, 4.69) is 5.32 Å². The van der Waals surface area contributed by atoms with Crippen molar-refractivity contribution in [1.82, 2.24) is 10.2 Å². The van der Waals surface area contributed by atoms with Crippen molar-refractivity contribution < 1.29 is 14.3 Å². The predicted molar refractivity (Wildman–Crippen MR) is 88.9 cm³/mol. The van der Waals surface area contributed by atoms with Crippen LogP contribution in [0.25, 0.3) is 0 Å². The third-order valence-electron chi connectivity index (χ3n) is 4.59. The molecule has 0 spiro atoms. The van der Waals surface area contributed by atoms with Crippen LogP contribution in [0.4, 0.5) is 0 Å². The van der Waals surface area contributed by atoms with Gasteiger partial charge in [0.05, 0.1) is 18.1 Å². The number of carbonyl (C=O) groups is 2. The van der Waals surface area contributed by atoms with Crippen LogP contribution in [0.15, 0.2) is 30.3 Å². The summed E-state index contributed by atoms with van der Waals surface area (Å²) in [5.74, 6) is -0.313. The van der Waals surface area contributed by atoms with Crippen molar-refractivity contribution in [3.63, 3.8) is 0 Å². The van der Waals surface area contributed by atoms with Crippen molar-refractivity contribution in [1.29, 1.82) is 0 Å². The van der Waals surface area contributed by atoms with E-state index in [1.165, 1.54) is 5.56 Å². The largest absolute Gasteiger partial charge is 0.378 e. The van der Waals surface area contributed by atoms with Crippen molar-refractivity contribution in [2.45, 2.75) is 38.3 Å². The van der Waals surface area contributed by atoms with Crippen molar-refractivity contribution in [2.24, 2.45) is 5.92 Å². The average molecular weight is 318 g/mol. The molecule has 1 fully saturated rings. The Bertz CT molecular complexity index is 506. The molecule has 1 aliphatic rings. The zero-order valence-corrected chi connectivity index (χ0v) is 13.9. The third kappa shape index (κ3) is 4.55. The van der Waals surface area contributed by atoms with Gasteiger partial charge in [-0.25, -0.2) is 0 Å². The Morgan fingerprint density at radius 2 is 2.17 bits per heavy atom. The molecule has 1 saturated heterocycles. The Hall–Kier alpha value is -1.88. The number of benzene rings is 1. The topological polar surface area (TPSA) is 58.6 Å². The number of rotatable bonds is 8. The van der Waals surface area contributed by atoms with Gasteiger partial charge in [0.15, 0.2) is 0 Å². The van der Waals surface area contributed by atoms with E-state index < -0.39 is 0 Å². The van der Waals surface area contributed by atoms with Gasteiger partial charge in [-0.05, 0) is 24.8 Å². The first-order chi connectivity index (χ1) is 11.2. The number of nitrogens with zero attached hydrogens (tertiary/aromatic N) is 1. The first-order valence-electron chi connectivity index (χ1n) is 8.23. The van der Waals surface area contributed by atoms with Crippen LogP contribution in [0.3, 0.4) is 0 Å². The van der Waals surface area contributed by atoms with Crippen LogP contribution < -0.4 is 5.32 Å². The molecule has 3 unspecified atom stereocenters. The molecule has 2 rings (SSSR count). The SMILES string of the molecule is COC(C(C)C(=O)NCCc1ccccc1)C1CCCN1C=O. The summed E-state index contributed by atoms with van der Waals surface area (Å²) in [5.41, 5.74) is 1.20. The van der Waals surface area contributed by atoms with Crippen LogP contribution in [0, 0.1) is 5.92 Å². The van der Waals surface area contributed by atoms with Gasteiger partial charge in [-0.3, -0.25) is 9.59 Å². The van der Waals surface area contributed by atoms with Gasteiger partial charge in [0.1, 0.15) is 0 Å². The lowest BCUT2D eigenvalue weighted by atomic mass is 9.95. The summed E-state index contributed by atoms with van der Waals surface area (Å²) in [4.78, 5) is 25.3. The lowest BCUT2D eigenvalue weighted by Crippen LogP contribution is -2.47. The smallest absolute Gasteiger partial charge is 0.225 e. The molecule has 3 atom stereocenters. The van der Waals surface area contributed by atoms with E-state index >= 15 is 0 Å². The molecule has 0 bridgehead atoms. The fourth-order valence-electron chi connectivity index (χ4n) is 3.28. The molecule has 5 nitrogen and oxygen atoms in total. The highest BCUT2D eigenvalue weighted by Crippen LogP contribution is 2.24. The molecule has 23 heavy (non-hydrogen) atoms. The normalized spacial score (nSPS) is 20.1. The highest BCUT2D eigenvalue weighted by atomic mass is 16.5. The standard InChI is InChI=1S/C18H26N2O3/c1-14(17(23-2)16-9-6-12-20(16)13-21)18(22)19-11-10-15-7-4-3-5-8-15/h3-5,7-8,13-14,16-17H,6,9-12H2,1-2H3,(H,19,22). The number of amides is 2. The van der Waals surface area contributed by atoms with Gasteiger partial charge in [-0.1, -0.05) is 37.3 Å². The second-order valence-corrected chi connectivity index (χ2v) is 6.07. The van der Waals surface area contributed by atoms with Gasteiger partial charge >= 0.3 is 0 Å². The number of ether oxygens (including phenoxy) is 1. The monoisotopic (exact) mass is 318 g/mol. The molecule has 2 amide bonds. The molecular formula is C18H26N2O3. The van der Waals surface area contributed by atoms with Crippen LogP contribution in [-0.2, 0) is 20.7 Å². The van der Waals surface area contributed by atoms with Crippen LogP contribution in [0.5, 0.6) is 0 Å². The van der Waals surface area contributed by atoms with Gasteiger partial charge in [-0.15, -0.1) is 0 Å².